The molecule has 4 nitrogen and oxygen atoms in total. The molecule has 0 aliphatic carbocycles. The standard InChI is InChI=1S/C10H13ClF2N2O2S2/c1-18-9-3-2-7(4-8(9)11)19(16,17)15-6-10(12,13)5-14/h2-4,15H,5-6,14H2,1H3. The van der Waals surface area contributed by atoms with Crippen LogP contribution in [0.25, 0.3) is 0 Å². The number of hydrogen-bond donors (Lipinski definition) is 2. The maximum atomic E-state index is 12.9. The number of alkyl halides is 2. The van der Waals surface area contributed by atoms with Gasteiger partial charge >= 0.3 is 0 Å². The third-order valence-corrected chi connectivity index (χ3v) is 4.87. The van der Waals surface area contributed by atoms with Crippen molar-refractivity contribution >= 4 is 33.4 Å². The first-order chi connectivity index (χ1) is 8.72. The molecule has 0 saturated carbocycles. The Morgan fingerprint density at radius 2 is 2.11 bits per heavy atom. The van der Waals surface area contributed by atoms with Crippen molar-refractivity contribution in [3.8, 4) is 0 Å². The van der Waals surface area contributed by atoms with Gasteiger partial charge in [0, 0.05) is 4.90 Å². The Balaban J connectivity index is 2.92. The summed E-state index contributed by atoms with van der Waals surface area (Å²) in [7, 11) is -4.03. The van der Waals surface area contributed by atoms with E-state index in [1.165, 1.54) is 30.0 Å². The summed E-state index contributed by atoms with van der Waals surface area (Å²) in [6.07, 6.45) is 1.79. The zero-order valence-electron chi connectivity index (χ0n) is 9.99. The molecule has 3 N–H and O–H groups in total. The van der Waals surface area contributed by atoms with Crippen LogP contribution in [0, 0.1) is 0 Å². The minimum absolute atomic E-state index is 0.164. The highest BCUT2D eigenvalue weighted by Crippen LogP contribution is 2.27. The van der Waals surface area contributed by atoms with E-state index in [0.717, 1.165) is 0 Å². The van der Waals surface area contributed by atoms with Crippen molar-refractivity contribution in [1.29, 1.82) is 0 Å². The summed E-state index contributed by atoms with van der Waals surface area (Å²) in [5, 5.41) is 0.251. The van der Waals surface area contributed by atoms with Gasteiger partial charge in [0.1, 0.15) is 0 Å². The monoisotopic (exact) mass is 330 g/mol. The zero-order chi connectivity index (χ0) is 14.7. The Hall–Kier alpha value is -0.410. The summed E-state index contributed by atoms with van der Waals surface area (Å²) in [5.41, 5.74) is 4.83. The normalized spacial score (nSPS) is 12.7. The van der Waals surface area contributed by atoms with Gasteiger partial charge in [-0.15, -0.1) is 11.8 Å². The average molecular weight is 331 g/mol. The smallest absolute Gasteiger partial charge is 0.273 e. The van der Waals surface area contributed by atoms with Crippen LogP contribution >= 0.6 is 23.4 Å². The van der Waals surface area contributed by atoms with Crippen LogP contribution < -0.4 is 10.5 Å². The number of halogens is 3. The summed E-state index contributed by atoms with van der Waals surface area (Å²) in [5.74, 6) is -3.28. The average Bonchev–Trinajstić information content (AvgIpc) is 2.36. The summed E-state index contributed by atoms with van der Waals surface area (Å²) in [6, 6.07) is 4.04. The van der Waals surface area contributed by atoms with E-state index in [4.69, 9.17) is 17.3 Å². The first kappa shape index (κ1) is 16.6. The Labute approximate surface area is 119 Å². The van der Waals surface area contributed by atoms with Gasteiger partial charge in [-0.1, -0.05) is 11.6 Å². The van der Waals surface area contributed by atoms with Gasteiger partial charge in [0.2, 0.25) is 10.0 Å². The third-order valence-electron chi connectivity index (χ3n) is 2.25. The number of hydrogen-bond acceptors (Lipinski definition) is 4. The zero-order valence-corrected chi connectivity index (χ0v) is 12.4. The highest BCUT2D eigenvalue weighted by molar-refractivity contribution is 7.98. The van der Waals surface area contributed by atoms with Gasteiger partial charge in [-0.2, -0.15) is 0 Å². The van der Waals surface area contributed by atoms with E-state index in [1.807, 2.05) is 4.72 Å². The molecular formula is C10H13ClF2N2O2S2. The van der Waals surface area contributed by atoms with Crippen molar-refractivity contribution in [3.05, 3.63) is 23.2 Å². The minimum atomic E-state index is -4.03. The van der Waals surface area contributed by atoms with Gasteiger partial charge in [0.15, 0.2) is 0 Å². The lowest BCUT2D eigenvalue weighted by atomic mass is 10.3. The molecule has 0 saturated heterocycles. The van der Waals surface area contributed by atoms with Crippen LogP contribution in [-0.2, 0) is 10.0 Å². The molecule has 0 radical (unpaired) electrons. The van der Waals surface area contributed by atoms with Crippen LogP contribution in [0.2, 0.25) is 5.02 Å². The second kappa shape index (κ2) is 6.36. The highest BCUT2D eigenvalue weighted by atomic mass is 35.5. The fourth-order valence-corrected chi connectivity index (χ4v) is 3.19. The van der Waals surface area contributed by atoms with Crippen molar-refractivity contribution in [2.75, 3.05) is 19.3 Å². The van der Waals surface area contributed by atoms with Crippen molar-refractivity contribution < 1.29 is 17.2 Å². The van der Waals surface area contributed by atoms with Crippen molar-refractivity contribution in [2.45, 2.75) is 15.7 Å². The predicted molar refractivity (Wildman–Crippen MR) is 72.4 cm³/mol. The summed E-state index contributed by atoms with van der Waals surface area (Å²) in [4.78, 5) is 0.538. The molecule has 0 aliphatic rings. The van der Waals surface area contributed by atoms with Crippen LogP contribution in [-0.4, -0.2) is 33.7 Å². The Bertz CT molecular complexity index is 552. The maximum Gasteiger partial charge on any atom is 0.273 e. The number of thioether (sulfide) groups is 1. The summed E-state index contributed by atoms with van der Waals surface area (Å²) < 4.78 is 51.2. The SMILES string of the molecule is CSc1ccc(S(=O)(=O)NCC(F)(F)CN)cc1Cl. The number of sulfonamides is 1. The molecule has 0 unspecified atom stereocenters. The van der Waals surface area contributed by atoms with E-state index in [-0.39, 0.29) is 9.92 Å². The molecule has 0 heterocycles. The van der Waals surface area contributed by atoms with Crippen LogP contribution in [0.1, 0.15) is 0 Å². The lowest BCUT2D eigenvalue weighted by molar-refractivity contribution is 0.0170. The van der Waals surface area contributed by atoms with Crippen molar-refractivity contribution in [3.63, 3.8) is 0 Å². The molecule has 1 aromatic rings. The van der Waals surface area contributed by atoms with Crippen LogP contribution in [0.15, 0.2) is 28.0 Å². The van der Waals surface area contributed by atoms with Gasteiger partial charge in [0.05, 0.1) is 23.0 Å². The van der Waals surface area contributed by atoms with E-state index in [0.29, 0.717) is 4.90 Å². The lowest BCUT2D eigenvalue weighted by Gasteiger charge is -2.15. The van der Waals surface area contributed by atoms with E-state index in [9.17, 15) is 17.2 Å². The van der Waals surface area contributed by atoms with E-state index < -0.39 is 29.0 Å². The first-order valence-electron chi connectivity index (χ1n) is 5.13. The molecule has 108 valence electrons. The molecule has 0 fully saturated rings. The molecule has 9 heteroatoms. The van der Waals surface area contributed by atoms with Gasteiger partial charge < -0.3 is 5.73 Å². The topological polar surface area (TPSA) is 72.2 Å². The van der Waals surface area contributed by atoms with Gasteiger partial charge in [-0.25, -0.2) is 21.9 Å². The largest absolute Gasteiger partial charge is 0.325 e. The molecule has 19 heavy (non-hydrogen) atoms. The minimum Gasteiger partial charge on any atom is -0.325 e. The fraction of sp³-hybridized carbons (Fsp3) is 0.400. The molecule has 0 amide bonds. The number of nitrogens with two attached hydrogens (primary N) is 1. The Morgan fingerprint density at radius 1 is 1.47 bits per heavy atom. The Kier molecular flexibility index (Phi) is 5.57. The number of rotatable bonds is 6. The van der Waals surface area contributed by atoms with Gasteiger partial charge in [-0.3, -0.25) is 0 Å². The molecule has 0 spiro atoms. The first-order valence-corrected chi connectivity index (χ1v) is 8.21. The van der Waals surface area contributed by atoms with Crippen LogP contribution in [0.5, 0.6) is 0 Å². The number of benzene rings is 1. The van der Waals surface area contributed by atoms with Crippen LogP contribution in [0.3, 0.4) is 0 Å². The van der Waals surface area contributed by atoms with E-state index in [2.05, 4.69) is 0 Å². The molecule has 0 bridgehead atoms. The third kappa shape index (κ3) is 4.57. The fourth-order valence-electron chi connectivity index (χ4n) is 1.17. The molecular weight excluding hydrogens is 318 g/mol. The van der Waals surface area contributed by atoms with Crippen LogP contribution in [0.4, 0.5) is 8.78 Å². The van der Waals surface area contributed by atoms with Gasteiger partial charge in [-0.05, 0) is 24.5 Å². The van der Waals surface area contributed by atoms with Crippen molar-refractivity contribution in [2.24, 2.45) is 5.73 Å². The molecule has 1 aromatic carbocycles. The highest BCUT2D eigenvalue weighted by Gasteiger charge is 2.29. The second-order valence-corrected chi connectivity index (χ2v) is 6.70. The predicted octanol–water partition coefficient (Wildman–Crippen LogP) is 1.93. The molecule has 0 atom stereocenters. The van der Waals surface area contributed by atoms with E-state index in [1.54, 1.807) is 6.26 Å². The lowest BCUT2D eigenvalue weighted by Crippen LogP contribution is -2.41. The Morgan fingerprint density at radius 3 is 2.58 bits per heavy atom. The quantitative estimate of drug-likeness (QED) is 0.782. The second-order valence-electron chi connectivity index (χ2n) is 3.68. The number of nitrogens with one attached hydrogen (secondary N) is 1. The maximum absolute atomic E-state index is 12.9. The molecule has 0 aliphatic heterocycles. The molecule has 1 rings (SSSR count). The summed E-state index contributed by atoms with van der Waals surface area (Å²) >= 11 is 7.22. The van der Waals surface area contributed by atoms with Gasteiger partial charge in [0.25, 0.3) is 5.92 Å². The van der Waals surface area contributed by atoms with E-state index >= 15 is 0 Å². The molecule has 0 aromatic heterocycles. The summed E-state index contributed by atoms with van der Waals surface area (Å²) in [6.45, 7) is -1.98. The van der Waals surface area contributed by atoms with Crippen molar-refractivity contribution in [1.82, 2.24) is 4.72 Å².